The molecule has 3 heteroatoms. The summed E-state index contributed by atoms with van der Waals surface area (Å²) in [5, 5.41) is 0.760. The Kier molecular flexibility index (Phi) is 5.81. The molecule has 0 heterocycles. The molecule has 0 spiro atoms. The standard InChI is InChI=1S/C13H20ClNO/c1-3-8-16-13(10(2)15)9-11-4-6-12(14)7-5-11/h4-7,10,13H,3,8-9,15H2,1-2H3/t10-,13+/m1/s1. The number of benzene rings is 1. The van der Waals surface area contributed by atoms with Gasteiger partial charge in [-0.15, -0.1) is 0 Å². The van der Waals surface area contributed by atoms with Crippen LogP contribution in [-0.2, 0) is 11.2 Å². The van der Waals surface area contributed by atoms with Crippen LogP contribution in [-0.4, -0.2) is 18.8 Å². The van der Waals surface area contributed by atoms with Crippen LogP contribution in [0.2, 0.25) is 5.02 Å². The Bertz CT molecular complexity index is 297. The fourth-order valence-electron chi connectivity index (χ4n) is 1.52. The van der Waals surface area contributed by atoms with Gasteiger partial charge in [-0.05, 0) is 31.0 Å². The fraction of sp³-hybridized carbons (Fsp3) is 0.538. The van der Waals surface area contributed by atoms with Gasteiger partial charge in [-0.3, -0.25) is 0 Å². The second kappa shape index (κ2) is 6.89. The molecule has 16 heavy (non-hydrogen) atoms. The topological polar surface area (TPSA) is 35.2 Å². The summed E-state index contributed by atoms with van der Waals surface area (Å²) in [6, 6.07) is 7.88. The predicted octanol–water partition coefficient (Wildman–Crippen LogP) is 3.02. The maximum Gasteiger partial charge on any atom is 0.0763 e. The lowest BCUT2D eigenvalue weighted by molar-refractivity contribution is 0.0401. The average molecular weight is 242 g/mol. The van der Waals surface area contributed by atoms with E-state index in [1.165, 1.54) is 5.56 Å². The van der Waals surface area contributed by atoms with Gasteiger partial charge in [0.1, 0.15) is 0 Å². The number of rotatable bonds is 6. The Labute approximate surface area is 103 Å². The lowest BCUT2D eigenvalue weighted by atomic mass is 10.0. The Morgan fingerprint density at radius 2 is 1.94 bits per heavy atom. The molecule has 0 aliphatic carbocycles. The molecule has 2 N–H and O–H groups in total. The molecule has 0 bridgehead atoms. The number of halogens is 1. The monoisotopic (exact) mass is 241 g/mol. The van der Waals surface area contributed by atoms with Gasteiger partial charge in [0.05, 0.1) is 6.10 Å². The molecular formula is C13H20ClNO. The van der Waals surface area contributed by atoms with Gasteiger partial charge in [-0.1, -0.05) is 30.7 Å². The summed E-state index contributed by atoms with van der Waals surface area (Å²) in [4.78, 5) is 0. The van der Waals surface area contributed by atoms with Gasteiger partial charge < -0.3 is 10.5 Å². The molecule has 0 unspecified atom stereocenters. The molecular weight excluding hydrogens is 222 g/mol. The van der Waals surface area contributed by atoms with Crippen LogP contribution in [0.5, 0.6) is 0 Å². The average Bonchev–Trinajstić information content (AvgIpc) is 2.26. The Morgan fingerprint density at radius 1 is 1.31 bits per heavy atom. The van der Waals surface area contributed by atoms with Crippen LogP contribution in [0.1, 0.15) is 25.8 Å². The van der Waals surface area contributed by atoms with Crippen LogP contribution in [0.3, 0.4) is 0 Å². The van der Waals surface area contributed by atoms with Gasteiger partial charge in [0, 0.05) is 24.1 Å². The first-order chi connectivity index (χ1) is 7.63. The minimum absolute atomic E-state index is 0.0437. The Morgan fingerprint density at radius 3 is 2.44 bits per heavy atom. The smallest absolute Gasteiger partial charge is 0.0763 e. The van der Waals surface area contributed by atoms with Gasteiger partial charge >= 0.3 is 0 Å². The van der Waals surface area contributed by atoms with Crippen molar-refractivity contribution in [3.63, 3.8) is 0 Å². The highest BCUT2D eigenvalue weighted by atomic mass is 35.5. The molecule has 90 valence electrons. The number of nitrogens with two attached hydrogens (primary N) is 1. The molecule has 2 atom stereocenters. The molecule has 0 fully saturated rings. The van der Waals surface area contributed by atoms with Crippen LogP contribution in [0.25, 0.3) is 0 Å². The summed E-state index contributed by atoms with van der Waals surface area (Å²) >= 11 is 5.84. The second-order valence-electron chi connectivity index (χ2n) is 4.10. The van der Waals surface area contributed by atoms with Crippen LogP contribution < -0.4 is 5.73 Å². The van der Waals surface area contributed by atoms with Crippen molar-refractivity contribution in [2.24, 2.45) is 5.73 Å². The summed E-state index contributed by atoms with van der Waals surface area (Å²) in [7, 11) is 0. The highest BCUT2D eigenvalue weighted by molar-refractivity contribution is 6.30. The van der Waals surface area contributed by atoms with E-state index in [2.05, 4.69) is 6.92 Å². The summed E-state index contributed by atoms with van der Waals surface area (Å²) < 4.78 is 5.73. The highest BCUT2D eigenvalue weighted by Crippen LogP contribution is 2.13. The largest absolute Gasteiger partial charge is 0.376 e. The minimum atomic E-state index is 0.0437. The van der Waals surface area contributed by atoms with Crippen LogP contribution in [0, 0.1) is 0 Å². The van der Waals surface area contributed by atoms with E-state index in [0.717, 1.165) is 24.5 Å². The third-order valence-corrected chi connectivity index (χ3v) is 2.72. The molecule has 1 rings (SSSR count). The fourth-order valence-corrected chi connectivity index (χ4v) is 1.64. The quantitative estimate of drug-likeness (QED) is 0.831. The molecule has 0 saturated carbocycles. The molecule has 1 aromatic rings. The summed E-state index contributed by atoms with van der Waals surface area (Å²) in [6.07, 6.45) is 1.94. The zero-order chi connectivity index (χ0) is 12.0. The zero-order valence-electron chi connectivity index (χ0n) is 9.95. The van der Waals surface area contributed by atoms with E-state index in [9.17, 15) is 0 Å². The molecule has 0 aliphatic heterocycles. The Hall–Kier alpha value is -0.570. The number of ether oxygens (including phenoxy) is 1. The summed E-state index contributed by atoms with van der Waals surface area (Å²) in [5.74, 6) is 0. The van der Waals surface area contributed by atoms with Gasteiger partial charge in [0.15, 0.2) is 0 Å². The molecule has 0 saturated heterocycles. The first kappa shape index (κ1) is 13.5. The van der Waals surface area contributed by atoms with Gasteiger partial charge in [0.25, 0.3) is 0 Å². The predicted molar refractivity (Wildman–Crippen MR) is 68.8 cm³/mol. The van der Waals surface area contributed by atoms with E-state index in [4.69, 9.17) is 22.1 Å². The highest BCUT2D eigenvalue weighted by Gasteiger charge is 2.14. The van der Waals surface area contributed by atoms with E-state index in [0.29, 0.717) is 0 Å². The minimum Gasteiger partial charge on any atom is -0.376 e. The first-order valence-electron chi connectivity index (χ1n) is 5.75. The van der Waals surface area contributed by atoms with Crippen molar-refractivity contribution in [3.05, 3.63) is 34.9 Å². The second-order valence-corrected chi connectivity index (χ2v) is 4.54. The normalized spacial score (nSPS) is 14.8. The van der Waals surface area contributed by atoms with E-state index < -0.39 is 0 Å². The van der Waals surface area contributed by atoms with Crippen molar-refractivity contribution >= 4 is 11.6 Å². The molecule has 1 aromatic carbocycles. The van der Waals surface area contributed by atoms with Crippen LogP contribution in [0.4, 0.5) is 0 Å². The molecule has 2 nitrogen and oxygen atoms in total. The van der Waals surface area contributed by atoms with Crippen molar-refractivity contribution in [1.29, 1.82) is 0 Å². The van der Waals surface area contributed by atoms with E-state index in [1.54, 1.807) is 0 Å². The van der Waals surface area contributed by atoms with Crippen LogP contribution >= 0.6 is 11.6 Å². The van der Waals surface area contributed by atoms with Gasteiger partial charge in [-0.2, -0.15) is 0 Å². The van der Waals surface area contributed by atoms with Crippen LogP contribution in [0.15, 0.2) is 24.3 Å². The number of hydrogen-bond donors (Lipinski definition) is 1. The van der Waals surface area contributed by atoms with Crippen molar-refractivity contribution in [3.8, 4) is 0 Å². The van der Waals surface area contributed by atoms with Gasteiger partial charge in [-0.25, -0.2) is 0 Å². The SMILES string of the molecule is CCCO[C@@H](Cc1ccc(Cl)cc1)[C@@H](C)N. The summed E-state index contributed by atoms with van der Waals surface area (Å²) in [6.45, 7) is 4.84. The van der Waals surface area contributed by atoms with E-state index in [-0.39, 0.29) is 12.1 Å². The van der Waals surface area contributed by atoms with Crippen molar-refractivity contribution in [2.45, 2.75) is 38.8 Å². The van der Waals surface area contributed by atoms with Crippen molar-refractivity contribution in [2.75, 3.05) is 6.61 Å². The molecule has 0 radical (unpaired) electrons. The lowest BCUT2D eigenvalue weighted by Gasteiger charge is -2.21. The third kappa shape index (κ3) is 4.52. The Balaban J connectivity index is 2.57. The number of hydrogen-bond acceptors (Lipinski definition) is 2. The summed E-state index contributed by atoms with van der Waals surface area (Å²) in [5.41, 5.74) is 7.12. The maximum atomic E-state index is 5.90. The molecule has 0 aromatic heterocycles. The molecule has 0 aliphatic rings. The first-order valence-corrected chi connectivity index (χ1v) is 6.13. The lowest BCUT2D eigenvalue weighted by Crippen LogP contribution is -2.36. The van der Waals surface area contributed by atoms with Crippen molar-refractivity contribution < 1.29 is 4.74 Å². The third-order valence-electron chi connectivity index (χ3n) is 2.47. The zero-order valence-corrected chi connectivity index (χ0v) is 10.7. The van der Waals surface area contributed by atoms with E-state index >= 15 is 0 Å². The molecule has 0 amide bonds. The van der Waals surface area contributed by atoms with Gasteiger partial charge in [0.2, 0.25) is 0 Å². The van der Waals surface area contributed by atoms with Crippen molar-refractivity contribution in [1.82, 2.24) is 0 Å². The maximum absolute atomic E-state index is 5.90. The van der Waals surface area contributed by atoms with E-state index in [1.807, 2.05) is 31.2 Å².